The van der Waals surface area contributed by atoms with Gasteiger partial charge in [-0.1, -0.05) is 19.6 Å². The molecule has 0 aromatic rings. The van der Waals surface area contributed by atoms with E-state index >= 15 is 0 Å². The van der Waals surface area contributed by atoms with E-state index in [4.69, 9.17) is 23.2 Å². The van der Waals surface area contributed by atoms with Crippen LogP contribution in [0.2, 0.25) is 19.6 Å². The second-order valence-electron chi connectivity index (χ2n) is 2.67. The fourth-order valence-electron chi connectivity index (χ4n) is 0. The quantitative estimate of drug-likeness (QED) is 0.456. The molecule has 4 heteroatoms. The molecule has 0 radical (unpaired) electrons. The first kappa shape index (κ1) is 12.2. The Labute approximate surface area is 76.8 Å². The summed E-state index contributed by atoms with van der Waals surface area (Å²) in [5.41, 5.74) is 0. The monoisotopic (exact) mass is 204 g/mol. The van der Waals surface area contributed by atoms with Crippen molar-refractivity contribution in [2.45, 2.75) is 24.1 Å². The Bertz CT molecular complexity index is 59.5. The molecule has 0 unspecified atom stereocenters. The van der Waals surface area contributed by atoms with Crippen LogP contribution in [0.4, 0.5) is 0 Å². The Balaban J connectivity index is 0. The molecule has 0 rings (SSSR count). The molecule has 0 aromatic heterocycles. The van der Waals surface area contributed by atoms with Crippen molar-refractivity contribution in [2.24, 2.45) is 0 Å². The van der Waals surface area contributed by atoms with Gasteiger partial charge in [0.25, 0.3) is 0 Å². The van der Waals surface area contributed by atoms with Gasteiger partial charge in [0.05, 0.1) is 12.5 Å². The summed E-state index contributed by atoms with van der Waals surface area (Å²) in [5.74, 6) is 0. The van der Waals surface area contributed by atoms with Gasteiger partial charge in [0.1, 0.15) is 0 Å². The van der Waals surface area contributed by atoms with E-state index in [9.17, 15) is 0 Å². The van der Waals surface area contributed by atoms with Crippen molar-refractivity contribution in [3.8, 4) is 0 Å². The Morgan fingerprint density at radius 1 is 1.12 bits per heavy atom. The number of halogens is 2. The third-order valence-electron chi connectivity index (χ3n) is 0.655. The summed E-state index contributed by atoms with van der Waals surface area (Å²) in [7, 11) is -1.20. The van der Waals surface area contributed by atoms with Crippen molar-refractivity contribution in [3.05, 3.63) is 0 Å². The Morgan fingerprint density at radius 2 is 1.25 bits per heavy atom. The van der Waals surface area contributed by atoms with Crippen LogP contribution in [0.3, 0.4) is 0 Å². The summed E-state index contributed by atoms with van der Waals surface area (Å²) < 4.78 is -0.118. The van der Waals surface area contributed by atoms with E-state index in [1.807, 2.05) is 0 Å². The van der Waals surface area contributed by atoms with Gasteiger partial charge in [-0.3, -0.25) is 0 Å². The minimum absolute atomic E-state index is 0. The SMILES string of the molecule is C[Si](C)(C)C(Cl)Cl.[Ti]. The van der Waals surface area contributed by atoms with Crippen LogP contribution in [0.1, 0.15) is 0 Å². The predicted molar refractivity (Wildman–Crippen MR) is 38.8 cm³/mol. The van der Waals surface area contributed by atoms with Crippen molar-refractivity contribution in [1.29, 1.82) is 0 Å². The standard InChI is InChI=1S/C4H10Cl2Si.Ti/c1-7(2,3)4(5)6;/h4H,1-3H3;. The molecule has 0 saturated heterocycles. The molecule has 48 valence electrons. The van der Waals surface area contributed by atoms with E-state index < -0.39 is 8.07 Å². The molecule has 0 bridgehead atoms. The maximum Gasteiger partial charge on any atom is 0.0969 e. The number of hydrogen-bond acceptors (Lipinski definition) is 0. The zero-order valence-corrected chi connectivity index (χ0v) is 9.41. The minimum atomic E-state index is -1.20. The molecular formula is C4H10Cl2SiTi. The molecule has 0 aromatic carbocycles. The van der Waals surface area contributed by atoms with Crippen LogP contribution in [-0.4, -0.2) is 12.5 Å². The van der Waals surface area contributed by atoms with Gasteiger partial charge in [-0.25, -0.2) is 0 Å². The van der Waals surface area contributed by atoms with E-state index in [2.05, 4.69) is 19.6 Å². The Hall–Kier alpha value is 1.51. The average Bonchev–Trinajstić information content (AvgIpc) is 1.31. The largest absolute Gasteiger partial charge is 0.109 e. The maximum absolute atomic E-state index is 5.58. The molecule has 0 atom stereocenters. The first-order valence-corrected chi connectivity index (χ1v) is 6.68. The fourth-order valence-corrected chi connectivity index (χ4v) is 0. The predicted octanol–water partition coefficient (Wildman–Crippen LogP) is 2.67. The summed E-state index contributed by atoms with van der Waals surface area (Å²) in [6.07, 6.45) is 0. The second-order valence-corrected chi connectivity index (χ2v) is 9.80. The average molecular weight is 205 g/mol. The third-order valence-corrected chi connectivity index (χ3v) is 5.89. The van der Waals surface area contributed by atoms with Crippen LogP contribution < -0.4 is 0 Å². The normalized spacial score (nSPS) is 11.2. The van der Waals surface area contributed by atoms with Gasteiger partial charge in [-0.15, -0.1) is 23.2 Å². The van der Waals surface area contributed by atoms with Crippen molar-refractivity contribution < 1.29 is 21.7 Å². The van der Waals surface area contributed by atoms with Gasteiger partial charge in [0.2, 0.25) is 0 Å². The topological polar surface area (TPSA) is 0 Å². The zero-order chi connectivity index (χ0) is 6.08. The Kier molecular flexibility index (Phi) is 6.63. The third kappa shape index (κ3) is 5.64. The van der Waals surface area contributed by atoms with E-state index in [0.717, 1.165) is 0 Å². The van der Waals surface area contributed by atoms with Crippen molar-refractivity contribution >= 4 is 31.3 Å². The first-order valence-electron chi connectivity index (χ1n) is 2.23. The summed E-state index contributed by atoms with van der Waals surface area (Å²) in [6, 6.07) is 0. The second kappa shape index (κ2) is 4.35. The summed E-state index contributed by atoms with van der Waals surface area (Å²) in [5, 5.41) is 0. The van der Waals surface area contributed by atoms with Crippen LogP contribution in [-0.2, 0) is 21.7 Å². The van der Waals surface area contributed by atoms with Crippen LogP contribution in [0.15, 0.2) is 0 Å². The molecule has 0 aliphatic carbocycles. The molecule has 0 saturated carbocycles. The van der Waals surface area contributed by atoms with E-state index in [1.54, 1.807) is 0 Å². The van der Waals surface area contributed by atoms with Gasteiger partial charge in [-0.05, 0) is 0 Å². The molecule has 0 N–H and O–H groups in total. The van der Waals surface area contributed by atoms with Gasteiger partial charge < -0.3 is 0 Å². The zero-order valence-electron chi connectivity index (χ0n) is 5.33. The minimum Gasteiger partial charge on any atom is -0.109 e. The number of hydrogen-bond donors (Lipinski definition) is 0. The summed E-state index contributed by atoms with van der Waals surface area (Å²) in [4.78, 5) is 0. The van der Waals surface area contributed by atoms with Crippen molar-refractivity contribution in [3.63, 3.8) is 0 Å². The number of alkyl halides is 2. The molecule has 0 aliphatic heterocycles. The molecule has 0 fully saturated rings. The van der Waals surface area contributed by atoms with E-state index in [-0.39, 0.29) is 26.2 Å². The Morgan fingerprint density at radius 3 is 1.25 bits per heavy atom. The van der Waals surface area contributed by atoms with Gasteiger partial charge in [0, 0.05) is 21.7 Å². The molecule has 0 spiro atoms. The van der Waals surface area contributed by atoms with E-state index in [1.165, 1.54) is 0 Å². The smallest absolute Gasteiger partial charge is 0.0969 e. The van der Waals surface area contributed by atoms with Crippen LogP contribution in [0.5, 0.6) is 0 Å². The molecule has 0 amide bonds. The summed E-state index contributed by atoms with van der Waals surface area (Å²) >= 11 is 11.2. The molecule has 0 heterocycles. The number of rotatable bonds is 1. The molecule has 0 aliphatic rings. The fraction of sp³-hybridized carbons (Fsp3) is 1.00. The maximum atomic E-state index is 5.58. The van der Waals surface area contributed by atoms with Crippen LogP contribution in [0, 0.1) is 0 Å². The van der Waals surface area contributed by atoms with Crippen LogP contribution >= 0.6 is 23.2 Å². The first-order chi connectivity index (χ1) is 2.94. The van der Waals surface area contributed by atoms with Crippen LogP contribution in [0.25, 0.3) is 0 Å². The molecule has 0 nitrogen and oxygen atoms in total. The molecular weight excluding hydrogens is 195 g/mol. The van der Waals surface area contributed by atoms with Crippen molar-refractivity contribution in [2.75, 3.05) is 0 Å². The van der Waals surface area contributed by atoms with Gasteiger partial charge in [-0.2, -0.15) is 0 Å². The van der Waals surface area contributed by atoms with Crippen molar-refractivity contribution in [1.82, 2.24) is 0 Å². The summed E-state index contributed by atoms with van der Waals surface area (Å²) in [6.45, 7) is 6.41. The van der Waals surface area contributed by atoms with E-state index in [0.29, 0.717) is 0 Å². The van der Waals surface area contributed by atoms with Gasteiger partial charge >= 0.3 is 0 Å². The molecule has 8 heavy (non-hydrogen) atoms. The van der Waals surface area contributed by atoms with Gasteiger partial charge in [0.15, 0.2) is 0 Å².